The van der Waals surface area contributed by atoms with Crippen LogP contribution < -0.4 is 4.84 Å². The minimum Gasteiger partial charge on any atom is -0.478 e. The zero-order chi connectivity index (χ0) is 10.7. The van der Waals surface area contributed by atoms with E-state index >= 15 is 0 Å². The molecule has 1 aromatic heterocycles. The Morgan fingerprint density at radius 3 is 2.64 bits per heavy atom. The number of rotatable bonds is 4. The summed E-state index contributed by atoms with van der Waals surface area (Å²) in [7, 11) is 0. The molecule has 0 bridgehead atoms. The van der Waals surface area contributed by atoms with Gasteiger partial charge in [0, 0.05) is 6.20 Å². The molecule has 6 nitrogen and oxygen atoms in total. The Bertz CT molecular complexity index is 356. The van der Waals surface area contributed by atoms with E-state index in [4.69, 9.17) is 15.1 Å². The van der Waals surface area contributed by atoms with Gasteiger partial charge in [0.2, 0.25) is 6.10 Å². The quantitative estimate of drug-likeness (QED) is 0.717. The molecule has 14 heavy (non-hydrogen) atoms. The molecule has 0 amide bonds. The van der Waals surface area contributed by atoms with Crippen molar-refractivity contribution in [3.05, 3.63) is 24.0 Å². The van der Waals surface area contributed by atoms with E-state index < -0.39 is 18.0 Å². The maximum atomic E-state index is 10.6. The molecule has 0 radical (unpaired) electrons. The van der Waals surface area contributed by atoms with Crippen LogP contribution in [0, 0.1) is 0 Å². The minimum atomic E-state index is -1.17. The van der Waals surface area contributed by atoms with E-state index in [-0.39, 0.29) is 5.69 Å². The summed E-state index contributed by atoms with van der Waals surface area (Å²) in [6.07, 6.45) is 0.239. The molecule has 76 valence electrons. The Morgan fingerprint density at radius 1 is 1.50 bits per heavy atom. The predicted octanol–water partition coefficient (Wildman–Crippen LogP) is 0.0880. The van der Waals surface area contributed by atoms with Crippen molar-refractivity contribution in [2.75, 3.05) is 0 Å². The summed E-state index contributed by atoms with van der Waals surface area (Å²) in [6.45, 7) is 1.31. The molecule has 0 spiro atoms. The van der Waals surface area contributed by atoms with Gasteiger partial charge >= 0.3 is 11.9 Å². The molecule has 6 heteroatoms. The van der Waals surface area contributed by atoms with E-state index in [1.165, 1.54) is 25.3 Å². The lowest BCUT2D eigenvalue weighted by molar-refractivity contribution is -0.149. The molecule has 0 aromatic carbocycles. The Labute approximate surface area is 79.3 Å². The van der Waals surface area contributed by atoms with Crippen LogP contribution in [0.15, 0.2) is 18.3 Å². The number of carbonyl (C=O) groups is 2. The SMILES string of the molecule is CC(On1cccc1C(=O)O)C(=O)O. The lowest BCUT2D eigenvalue weighted by Crippen LogP contribution is -2.31. The number of aromatic carboxylic acids is 1. The van der Waals surface area contributed by atoms with Crippen LogP contribution in [0.1, 0.15) is 17.4 Å². The van der Waals surface area contributed by atoms with Crippen LogP contribution >= 0.6 is 0 Å². The maximum Gasteiger partial charge on any atom is 0.355 e. The van der Waals surface area contributed by atoms with Crippen LogP contribution in [-0.4, -0.2) is 33.0 Å². The van der Waals surface area contributed by atoms with Crippen LogP contribution in [0.3, 0.4) is 0 Å². The summed E-state index contributed by atoms with van der Waals surface area (Å²) in [5.74, 6) is -2.33. The zero-order valence-corrected chi connectivity index (χ0v) is 7.38. The highest BCUT2D eigenvalue weighted by atomic mass is 16.7. The fourth-order valence-corrected chi connectivity index (χ4v) is 0.839. The van der Waals surface area contributed by atoms with Crippen molar-refractivity contribution >= 4 is 11.9 Å². The Hall–Kier alpha value is -1.98. The minimum absolute atomic E-state index is 0.113. The van der Waals surface area contributed by atoms with Gasteiger partial charge in [-0.3, -0.25) is 0 Å². The summed E-state index contributed by atoms with van der Waals surface area (Å²) in [6, 6.07) is 2.77. The smallest absolute Gasteiger partial charge is 0.355 e. The van der Waals surface area contributed by atoms with E-state index in [1.54, 1.807) is 0 Å². The average molecular weight is 199 g/mol. The van der Waals surface area contributed by atoms with E-state index in [0.717, 1.165) is 4.73 Å². The molecular weight excluding hydrogens is 190 g/mol. The Morgan fingerprint density at radius 2 is 2.14 bits per heavy atom. The molecule has 1 heterocycles. The molecule has 1 aromatic rings. The first-order chi connectivity index (χ1) is 6.52. The highest BCUT2D eigenvalue weighted by molar-refractivity contribution is 5.85. The third kappa shape index (κ3) is 2.03. The zero-order valence-electron chi connectivity index (χ0n) is 7.38. The number of aliphatic carboxylic acids is 1. The van der Waals surface area contributed by atoms with Gasteiger partial charge in [-0.05, 0) is 19.1 Å². The lowest BCUT2D eigenvalue weighted by Gasteiger charge is -2.11. The fraction of sp³-hybridized carbons (Fsp3) is 0.250. The van der Waals surface area contributed by atoms with E-state index in [9.17, 15) is 9.59 Å². The summed E-state index contributed by atoms with van der Waals surface area (Å²) in [5.41, 5.74) is -0.113. The van der Waals surface area contributed by atoms with Gasteiger partial charge in [-0.2, -0.15) is 4.73 Å². The molecular formula is C8H9NO5. The van der Waals surface area contributed by atoms with Gasteiger partial charge in [0.1, 0.15) is 0 Å². The summed E-state index contributed by atoms with van der Waals surface area (Å²) < 4.78 is 0.918. The van der Waals surface area contributed by atoms with E-state index in [1.807, 2.05) is 0 Å². The van der Waals surface area contributed by atoms with Crippen molar-refractivity contribution in [1.29, 1.82) is 0 Å². The largest absolute Gasteiger partial charge is 0.478 e. The van der Waals surface area contributed by atoms with Crippen molar-refractivity contribution in [3.8, 4) is 0 Å². The van der Waals surface area contributed by atoms with Crippen molar-refractivity contribution < 1.29 is 24.6 Å². The average Bonchev–Trinajstić information content (AvgIpc) is 2.52. The first kappa shape index (κ1) is 10.1. The highest BCUT2D eigenvalue weighted by Gasteiger charge is 2.16. The highest BCUT2D eigenvalue weighted by Crippen LogP contribution is 2.01. The van der Waals surface area contributed by atoms with Crippen molar-refractivity contribution in [2.24, 2.45) is 0 Å². The Balaban J connectivity index is 2.81. The summed E-state index contributed by atoms with van der Waals surface area (Å²) in [4.78, 5) is 25.9. The number of hydrogen-bond acceptors (Lipinski definition) is 3. The molecule has 1 atom stereocenters. The van der Waals surface area contributed by atoms with Crippen LogP contribution in [0.4, 0.5) is 0 Å². The first-order valence-corrected chi connectivity index (χ1v) is 3.83. The normalized spacial score (nSPS) is 12.1. The third-order valence-corrected chi connectivity index (χ3v) is 1.55. The monoisotopic (exact) mass is 199 g/mol. The van der Waals surface area contributed by atoms with Crippen molar-refractivity contribution in [3.63, 3.8) is 0 Å². The lowest BCUT2D eigenvalue weighted by atomic mass is 10.4. The second-order valence-corrected chi connectivity index (χ2v) is 2.61. The van der Waals surface area contributed by atoms with E-state index in [2.05, 4.69) is 0 Å². The standard InChI is InChI=1S/C8H9NO5/c1-5(7(10)11)14-9-4-2-3-6(9)8(12)13/h2-5H,1H3,(H,10,11)(H,12,13). The van der Waals surface area contributed by atoms with Crippen LogP contribution in [0.25, 0.3) is 0 Å². The number of hydrogen-bond donors (Lipinski definition) is 2. The van der Waals surface area contributed by atoms with Gasteiger partial charge in [-0.15, -0.1) is 0 Å². The molecule has 0 saturated heterocycles. The van der Waals surface area contributed by atoms with Gasteiger partial charge < -0.3 is 15.1 Å². The van der Waals surface area contributed by atoms with Crippen molar-refractivity contribution in [2.45, 2.75) is 13.0 Å². The van der Waals surface area contributed by atoms with Crippen molar-refractivity contribution in [1.82, 2.24) is 4.73 Å². The topological polar surface area (TPSA) is 88.8 Å². The van der Waals surface area contributed by atoms with E-state index in [0.29, 0.717) is 0 Å². The fourth-order valence-electron chi connectivity index (χ4n) is 0.839. The van der Waals surface area contributed by atoms with Gasteiger partial charge in [0.05, 0.1) is 0 Å². The van der Waals surface area contributed by atoms with Crippen LogP contribution in [-0.2, 0) is 4.79 Å². The third-order valence-electron chi connectivity index (χ3n) is 1.55. The number of aromatic nitrogens is 1. The molecule has 0 aliphatic rings. The molecule has 1 unspecified atom stereocenters. The molecule has 0 aliphatic heterocycles. The number of nitrogens with zero attached hydrogens (tertiary/aromatic N) is 1. The second kappa shape index (κ2) is 3.82. The molecule has 0 aliphatic carbocycles. The van der Waals surface area contributed by atoms with Crippen LogP contribution in [0.5, 0.6) is 0 Å². The summed E-state index contributed by atoms with van der Waals surface area (Å²) in [5, 5.41) is 17.2. The maximum absolute atomic E-state index is 10.6. The van der Waals surface area contributed by atoms with Gasteiger partial charge in [-0.1, -0.05) is 0 Å². The van der Waals surface area contributed by atoms with Crippen LogP contribution in [0.2, 0.25) is 0 Å². The molecule has 2 N–H and O–H groups in total. The number of carboxylic acid groups (broad SMARTS) is 2. The summed E-state index contributed by atoms with van der Waals surface area (Å²) >= 11 is 0. The molecule has 0 fully saturated rings. The second-order valence-electron chi connectivity index (χ2n) is 2.61. The molecule has 1 rings (SSSR count). The first-order valence-electron chi connectivity index (χ1n) is 3.83. The number of carboxylic acids is 2. The molecule has 0 saturated carbocycles. The van der Waals surface area contributed by atoms with Gasteiger partial charge in [-0.25, -0.2) is 9.59 Å². The Kier molecular flexibility index (Phi) is 2.76. The van der Waals surface area contributed by atoms with Gasteiger partial charge in [0.25, 0.3) is 0 Å². The van der Waals surface area contributed by atoms with Gasteiger partial charge in [0.15, 0.2) is 5.69 Å². The predicted molar refractivity (Wildman–Crippen MR) is 45.1 cm³/mol.